The van der Waals surface area contributed by atoms with Gasteiger partial charge in [-0.05, 0) is 11.6 Å². The predicted molar refractivity (Wildman–Crippen MR) is 59.8 cm³/mol. The van der Waals surface area contributed by atoms with Crippen LogP contribution in [0.15, 0.2) is 0 Å². The average Bonchev–Trinajstić information content (AvgIpc) is 2.25. The van der Waals surface area contributed by atoms with Crippen LogP contribution < -0.4 is 0 Å². The second kappa shape index (κ2) is 12.9. The Labute approximate surface area is 101 Å². The number of carbonyl (C=O) groups excluding carboxylic acids is 1. The van der Waals surface area contributed by atoms with Crippen molar-refractivity contribution in [2.45, 2.75) is 6.42 Å². The fraction of sp³-hybridized carbons (Fsp3) is 0.900. The number of carbonyl (C=O) groups is 1. The molecule has 0 bridgehead atoms. The summed E-state index contributed by atoms with van der Waals surface area (Å²) in [5, 5.41) is -0.382. The Bertz CT molecular complexity index is 165. The third kappa shape index (κ3) is 13.8. The Morgan fingerprint density at radius 2 is 1.31 bits per heavy atom. The SMILES string of the molecule is COCCOCCOCCOCCC(=O)Cl. The van der Waals surface area contributed by atoms with Crippen LogP contribution in [0.25, 0.3) is 0 Å². The summed E-state index contributed by atoms with van der Waals surface area (Å²) in [6.45, 7) is 3.54. The molecule has 0 aromatic rings. The van der Waals surface area contributed by atoms with Crippen LogP contribution in [0.2, 0.25) is 0 Å². The molecule has 0 fully saturated rings. The van der Waals surface area contributed by atoms with Crippen molar-refractivity contribution in [3.05, 3.63) is 0 Å². The molecule has 6 heteroatoms. The monoisotopic (exact) mass is 254 g/mol. The Morgan fingerprint density at radius 3 is 1.75 bits per heavy atom. The Balaban J connectivity index is 2.90. The molecule has 0 aliphatic carbocycles. The lowest BCUT2D eigenvalue weighted by Gasteiger charge is -2.05. The van der Waals surface area contributed by atoms with E-state index in [1.165, 1.54) is 0 Å². The summed E-state index contributed by atoms with van der Waals surface area (Å²) in [5.74, 6) is 0. The van der Waals surface area contributed by atoms with E-state index in [0.29, 0.717) is 46.2 Å². The zero-order chi connectivity index (χ0) is 12.1. The highest BCUT2D eigenvalue weighted by Crippen LogP contribution is 1.89. The summed E-state index contributed by atoms with van der Waals surface area (Å²) in [4.78, 5) is 10.3. The number of hydrogen-bond donors (Lipinski definition) is 0. The first-order valence-electron chi connectivity index (χ1n) is 5.18. The molecule has 16 heavy (non-hydrogen) atoms. The lowest BCUT2D eigenvalue weighted by atomic mass is 10.5. The van der Waals surface area contributed by atoms with E-state index >= 15 is 0 Å². The van der Waals surface area contributed by atoms with Gasteiger partial charge in [0.15, 0.2) is 0 Å². The number of hydrogen-bond acceptors (Lipinski definition) is 5. The van der Waals surface area contributed by atoms with Crippen LogP contribution in [-0.4, -0.2) is 58.6 Å². The highest BCUT2D eigenvalue weighted by atomic mass is 35.5. The van der Waals surface area contributed by atoms with E-state index in [4.69, 9.17) is 30.5 Å². The van der Waals surface area contributed by atoms with Crippen molar-refractivity contribution in [3.63, 3.8) is 0 Å². The maximum atomic E-state index is 10.3. The van der Waals surface area contributed by atoms with Crippen molar-refractivity contribution >= 4 is 16.8 Å². The Hall–Kier alpha value is -0.200. The van der Waals surface area contributed by atoms with Gasteiger partial charge in [-0.15, -0.1) is 0 Å². The zero-order valence-electron chi connectivity index (χ0n) is 9.58. The molecule has 0 aromatic carbocycles. The molecule has 0 atom stereocenters. The van der Waals surface area contributed by atoms with Gasteiger partial charge in [0.1, 0.15) is 0 Å². The maximum Gasteiger partial charge on any atom is 0.223 e. The molecule has 0 spiro atoms. The number of halogens is 1. The van der Waals surface area contributed by atoms with E-state index in [1.54, 1.807) is 7.11 Å². The third-order valence-electron chi connectivity index (χ3n) is 1.62. The molecule has 0 saturated carbocycles. The summed E-state index contributed by atoms with van der Waals surface area (Å²) in [6.07, 6.45) is 0.238. The second-order valence-corrected chi connectivity index (χ2v) is 3.36. The molecule has 0 aromatic heterocycles. The average molecular weight is 255 g/mol. The van der Waals surface area contributed by atoms with Crippen LogP contribution in [0.5, 0.6) is 0 Å². The Kier molecular flexibility index (Phi) is 12.7. The normalized spacial score (nSPS) is 10.6. The number of rotatable bonds is 12. The summed E-state index contributed by atoms with van der Waals surface area (Å²) in [7, 11) is 1.63. The molecule has 0 aliphatic rings. The molecular formula is C10H19ClO5. The molecule has 0 saturated heterocycles. The van der Waals surface area contributed by atoms with Crippen LogP contribution in [0.3, 0.4) is 0 Å². The van der Waals surface area contributed by atoms with Crippen molar-refractivity contribution in [1.29, 1.82) is 0 Å². The minimum atomic E-state index is -0.382. The minimum absolute atomic E-state index is 0.238. The van der Waals surface area contributed by atoms with Crippen LogP contribution in [0, 0.1) is 0 Å². The van der Waals surface area contributed by atoms with Gasteiger partial charge in [0.05, 0.1) is 46.2 Å². The van der Waals surface area contributed by atoms with Crippen molar-refractivity contribution in [1.82, 2.24) is 0 Å². The lowest BCUT2D eigenvalue weighted by molar-refractivity contribution is -0.112. The first-order valence-corrected chi connectivity index (χ1v) is 5.55. The maximum absolute atomic E-state index is 10.3. The van der Waals surface area contributed by atoms with Crippen molar-refractivity contribution < 1.29 is 23.7 Å². The first-order chi connectivity index (χ1) is 7.77. The van der Waals surface area contributed by atoms with Gasteiger partial charge in [-0.2, -0.15) is 0 Å². The molecule has 0 aliphatic heterocycles. The van der Waals surface area contributed by atoms with Gasteiger partial charge >= 0.3 is 0 Å². The fourth-order valence-electron chi connectivity index (χ4n) is 0.837. The number of methoxy groups -OCH3 is 1. The summed E-state index contributed by atoms with van der Waals surface area (Å²) in [5.41, 5.74) is 0. The van der Waals surface area contributed by atoms with Crippen LogP contribution >= 0.6 is 11.6 Å². The smallest absolute Gasteiger partial charge is 0.223 e. The first kappa shape index (κ1) is 15.8. The molecule has 0 unspecified atom stereocenters. The predicted octanol–water partition coefficient (Wildman–Crippen LogP) is 0.838. The molecular weight excluding hydrogens is 236 g/mol. The van der Waals surface area contributed by atoms with E-state index in [0.717, 1.165) is 0 Å². The third-order valence-corrected chi connectivity index (χ3v) is 1.81. The van der Waals surface area contributed by atoms with E-state index in [9.17, 15) is 4.79 Å². The van der Waals surface area contributed by atoms with E-state index in [-0.39, 0.29) is 11.7 Å². The van der Waals surface area contributed by atoms with E-state index < -0.39 is 0 Å². The highest BCUT2D eigenvalue weighted by molar-refractivity contribution is 6.63. The molecule has 0 heterocycles. The topological polar surface area (TPSA) is 54.0 Å². The molecule has 5 nitrogen and oxygen atoms in total. The van der Waals surface area contributed by atoms with Gasteiger partial charge in [-0.25, -0.2) is 0 Å². The largest absolute Gasteiger partial charge is 0.382 e. The quantitative estimate of drug-likeness (QED) is 0.382. The van der Waals surface area contributed by atoms with Gasteiger partial charge in [0.2, 0.25) is 5.24 Å². The number of ether oxygens (including phenoxy) is 4. The fourth-order valence-corrected chi connectivity index (χ4v) is 0.914. The summed E-state index contributed by atoms with van der Waals surface area (Å²) < 4.78 is 20.3. The zero-order valence-corrected chi connectivity index (χ0v) is 10.3. The molecule has 96 valence electrons. The minimum Gasteiger partial charge on any atom is -0.382 e. The van der Waals surface area contributed by atoms with Gasteiger partial charge in [0, 0.05) is 13.5 Å². The van der Waals surface area contributed by atoms with Gasteiger partial charge in [-0.3, -0.25) is 4.79 Å². The Morgan fingerprint density at radius 1 is 0.875 bits per heavy atom. The van der Waals surface area contributed by atoms with Crippen molar-refractivity contribution in [2.75, 3.05) is 53.4 Å². The second-order valence-electron chi connectivity index (χ2n) is 2.94. The van der Waals surface area contributed by atoms with Crippen LogP contribution in [0.1, 0.15) is 6.42 Å². The molecule has 0 radical (unpaired) electrons. The van der Waals surface area contributed by atoms with E-state index in [2.05, 4.69) is 0 Å². The molecule has 0 amide bonds. The molecule has 0 N–H and O–H groups in total. The van der Waals surface area contributed by atoms with Gasteiger partial charge in [-0.1, -0.05) is 0 Å². The standard InChI is InChI=1S/C10H19ClO5/c1-13-4-5-15-8-9-16-7-6-14-3-2-10(11)12/h2-9H2,1H3. The van der Waals surface area contributed by atoms with E-state index in [1.807, 2.05) is 0 Å². The van der Waals surface area contributed by atoms with Gasteiger partial charge in [0.25, 0.3) is 0 Å². The van der Waals surface area contributed by atoms with Crippen LogP contribution in [-0.2, 0) is 23.7 Å². The van der Waals surface area contributed by atoms with Crippen LogP contribution in [0.4, 0.5) is 0 Å². The van der Waals surface area contributed by atoms with Gasteiger partial charge < -0.3 is 18.9 Å². The summed E-state index contributed by atoms with van der Waals surface area (Å²) in [6, 6.07) is 0. The van der Waals surface area contributed by atoms with Crippen molar-refractivity contribution in [2.24, 2.45) is 0 Å². The lowest BCUT2D eigenvalue weighted by Crippen LogP contribution is -2.11. The molecule has 0 rings (SSSR count). The highest BCUT2D eigenvalue weighted by Gasteiger charge is 1.95. The van der Waals surface area contributed by atoms with Crippen molar-refractivity contribution in [3.8, 4) is 0 Å². The summed E-state index contributed by atoms with van der Waals surface area (Å²) >= 11 is 5.12.